The summed E-state index contributed by atoms with van der Waals surface area (Å²) >= 11 is 0.958. The van der Waals surface area contributed by atoms with Crippen molar-refractivity contribution in [1.82, 2.24) is 15.0 Å². The average Bonchev–Trinajstić information content (AvgIpc) is 2.81. The Morgan fingerprint density at radius 2 is 2.15 bits per heavy atom. The molecule has 0 saturated heterocycles. The molecular weight excluding hydrogens is 297 g/mol. The first-order valence-corrected chi connectivity index (χ1v) is 6.10. The zero-order valence-electron chi connectivity index (χ0n) is 9.78. The summed E-state index contributed by atoms with van der Waals surface area (Å²) in [4.78, 5) is 20.1. The van der Waals surface area contributed by atoms with E-state index in [1.54, 1.807) is 5.38 Å². The predicted octanol–water partition coefficient (Wildman–Crippen LogP) is 1.14. The van der Waals surface area contributed by atoms with Crippen LogP contribution in [0.25, 0.3) is 0 Å². The van der Waals surface area contributed by atoms with Crippen LogP contribution in [0, 0.1) is 0 Å². The van der Waals surface area contributed by atoms with Crippen LogP contribution in [-0.2, 0) is 12.7 Å². The van der Waals surface area contributed by atoms with Crippen LogP contribution in [0.1, 0.15) is 11.4 Å². The van der Waals surface area contributed by atoms with Crippen LogP contribution in [0.15, 0.2) is 16.2 Å². The highest BCUT2D eigenvalue weighted by Crippen LogP contribution is 2.29. The van der Waals surface area contributed by atoms with E-state index in [-0.39, 0.29) is 23.2 Å². The topological polar surface area (TPSA) is 109 Å². The van der Waals surface area contributed by atoms with E-state index in [1.165, 1.54) is 0 Å². The van der Waals surface area contributed by atoms with E-state index in [1.807, 2.05) is 5.43 Å². The molecule has 0 fully saturated rings. The fourth-order valence-corrected chi connectivity index (χ4v) is 1.92. The molecule has 0 unspecified atom stereocenters. The zero-order valence-corrected chi connectivity index (χ0v) is 10.6. The normalized spacial score (nSPS) is 11.4. The van der Waals surface area contributed by atoms with E-state index in [0.29, 0.717) is 5.69 Å². The molecule has 0 saturated carbocycles. The van der Waals surface area contributed by atoms with Gasteiger partial charge in [-0.1, -0.05) is 11.3 Å². The summed E-state index contributed by atoms with van der Waals surface area (Å²) in [6, 6.07) is 0.755. The van der Waals surface area contributed by atoms with Crippen molar-refractivity contribution >= 4 is 23.1 Å². The number of H-pyrrole nitrogens is 1. The lowest BCUT2D eigenvalue weighted by atomic mass is 10.3. The quantitative estimate of drug-likeness (QED) is 0.498. The van der Waals surface area contributed by atoms with Gasteiger partial charge >= 0.3 is 11.0 Å². The van der Waals surface area contributed by atoms with Crippen molar-refractivity contribution in [2.75, 3.05) is 10.7 Å². The minimum atomic E-state index is -4.61. The number of aromatic amines is 1. The highest BCUT2D eigenvalue weighted by Gasteiger charge is 2.33. The van der Waals surface area contributed by atoms with E-state index in [4.69, 9.17) is 5.84 Å². The zero-order chi connectivity index (χ0) is 14.8. The van der Waals surface area contributed by atoms with Crippen LogP contribution >= 0.6 is 11.3 Å². The van der Waals surface area contributed by atoms with Gasteiger partial charge < -0.3 is 10.3 Å². The Hall–Kier alpha value is -2.14. The second-order valence-electron chi connectivity index (χ2n) is 3.63. The lowest BCUT2D eigenvalue weighted by molar-refractivity contribution is -0.141. The molecule has 11 heteroatoms. The molecule has 0 amide bonds. The molecule has 2 heterocycles. The van der Waals surface area contributed by atoms with Gasteiger partial charge in [0, 0.05) is 17.1 Å². The first-order chi connectivity index (χ1) is 9.38. The third kappa shape index (κ3) is 3.45. The number of nitrogens with two attached hydrogens (primary N) is 1. The lowest BCUT2D eigenvalue weighted by Gasteiger charge is -2.10. The van der Waals surface area contributed by atoms with Crippen molar-refractivity contribution < 1.29 is 13.2 Å². The Labute approximate surface area is 114 Å². The molecule has 7 nitrogen and oxygen atoms in total. The predicted molar refractivity (Wildman–Crippen MR) is 67.1 cm³/mol. The Morgan fingerprint density at radius 3 is 2.70 bits per heavy atom. The molecule has 0 aliphatic heterocycles. The standard InChI is InChI=1S/C9H9F3N6OS/c10-9(11,12)5-1-6(17-7(16-5)18-13)14-2-4-3-20-8(19)15-4/h1,3H,2,13H2,(H,15,19)(H2,14,16,17,18). The van der Waals surface area contributed by atoms with Crippen molar-refractivity contribution in [2.24, 2.45) is 5.84 Å². The van der Waals surface area contributed by atoms with Gasteiger partial charge in [0.05, 0.1) is 6.54 Å². The third-order valence-corrected chi connectivity index (χ3v) is 2.89. The van der Waals surface area contributed by atoms with E-state index in [0.717, 1.165) is 17.4 Å². The van der Waals surface area contributed by atoms with Crippen LogP contribution < -0.4 is 21.5 Å². The lowest BCUT2D eigenvalue weighted by Crippen LogP contribution is -2.17. The summed E-state index contributed by atoms with van der Waals surface area (Å²) in [6.45, 7) is 0.122. The number of rotatable bonds is 4. The largest absolute Gasteiger partial charge is 0.433 e. The van der Waals surface area contributed by atoms with Gasteiger partial charge in [0.2, 0.25) is 5.95 Å². The van der Waals surface area contributed by atoms with E-state index < -0.39 is 11.9 Å². The molecule has 2 aromatic rings. The van der Waals surface area contributed by atoms with Crippen LogP contribution in [0.2, 0.25) is 0 Å². The summed E-state index contributed by atoms with van der Waals surface area (Å²) < 4.78 is 37.9. The van der Waals surface area contributed by atoms with Crippen molar-refractivity contribution in [3.63, 3.8) is 0 Å². The molecule has 20 heavy (non-hydrogen) atoms. The number of alkyl halides is 3. The number of hydrogen-bond donors (Lipinski definition) is 4. The highest BCUT2D eigenvalue weighted by atomic mass is 32.1. The van der Waals surface area contributed by atoms with Crippen molar-refractivity contribution in [1.29, 1.82) is 0 Å². The van der Waals surface area contributed by atoms with Crippen LogP contribution in [0.3, 0.4) is 0 Å². The summed E-state index contributed by atoms with van der Waals surface area (Å²) in [6.07, 6.45) is -4.61. The number of hydrogen-bond acceptors (Lipinski definition) is 7. The smallest absolute Gasteiger partial charge is 0.364 e. The summed E-state index contributed by atoms with van der Waals surface area (Å²) in [5, 5.41) is 4.21. The molecule has 0 bridgehead atoms. The summed E-state index contributed by atoms with van der Waals surface area (Å²) in [5.41, 5.74) is 1.38. The molecule has 0 aliphatic rings. The first kappa shape index (κ1) is 14.3. The van der Waals surface area contributed by atoms with Gasteiger partial charge in [-0.15, -0.1) is 0 Å². The second-order valence-corrected chi connectivity index (χ2v) is 4.47. The van der Waals surface area contributed by atoms with Gasteiger partial charge in [0.1, 0.15) is 5.82 Å². The molecule has 0 aliphatic carbocycles. The molecule has 2 aromatic heterocycles. The van der Waals surface area contributed by atoms with Crippen molar-refractivity contribution in [3.05, 3.63) is 32.5 Å². The molecule has 0 radical (unpaired) electrons. The number of nitrogens with zero attached hydrogens (tertiary/aromatic N) is 2. The highest BCUT2D eigenvalue weighted by molar-refractivity contribution is 7.07. The second kappa shape index (κ2) is 5.46. The molecule has 108 valence electrons. The maximum atomic E-state index is 12.6. The third-order valence-electron chi connectivity index (χ3n) is 2.18. The van der Waals surface area contributed by atoms with Crippen LogP contribution in [0.4, 0.5) is 24.9 Å². The van der Waals surface area contributed by atoms with Crippen LogP contribution in [0.5, 0.6) is 0 Å². The molecule has 0 spiro atoms. The van der Waals surface area contributed by atoms with Gasteiger partial charge in [-0.25, -0.2) is 10.8 Å². The Morgan fingerprint density at radius 1 is 1.40 bits per heavy atom. The monoisotopic (exact) mass is 306 g/mol. The number of nitrogen functional groups attached to an aromatic ring is 1. The minimum Gasteiger partial charge on any atom is -0.364 e. The Balaban J connectivity index is 2.20. The summed E-state index contributed by atoms with van der Waals surface area (Å²) in [7, 11) is 0. The average molecular weight is 306 g/mol. The van der Waals surface area contributed by atoms with Crippen LogP contribution in [-0.4, -0.2) is 15.0 Å². The SMILES string of the molecule is NNc1nc(NCc2csc(=O)[nH]2)cc(C(F)(F)F)n1. The molecule has 5 N–H and O–H groups in total. The molecule has 0 aromatic carbocycles. The number of nitrogens with one attached hydrogen (secondary N) is 3. The van der Waals surface area contributed by atoms with E-state index >= 15 is 0 Å². The molecule has 2 rings (SSSR count). The number of halogens is 3. The van der Waals surface area contributed by atoms with E-state index in [9.17, 15) is 18.0 Å². The Kier molecular flexibility index (Phi) is 3.90. The number of anilines is 2. The van der Waals surface area contributed by atoms with E-state index in [2.05, 4.69) is 20.3 Å². The fourth-order valence-electron chi connectivity index (χ4n) is 1.33. The number of hydrazine groups is 1. The first-order valence-electron chi connectivity index (χ1n) is 5.22. The van der Waals surface area contributed by atoms with Gasteiger partial charge in [-0.3, -0.25) is 10.2 Å². The van der Waals surface area contributed by atoms with Gasteiger partial charge in [-0.05, 0) is 0 Å². The minimum absolute atomic E-state index is 0.0627. The van der Waals surface area contributed by atoms with Crippen molar-refractivity contribution in [3.8, 4) is 0 Å². The van der Waals surface area contributed by atoms with Gasteiger partial charge in [-0.2, -0.15) is 18.2 Å². The molecular formula is C9H9F3N6OS. The van der Waals surface area contributed by atoms with Gasteiger partial charge in [0.15, 0.2) is 5.69 Å². The Bertz CT molecular complexity index is 652. The molecule has 0 atom stereocenters. The van der Waals surface area contributed by atoms with Gasteiger partial charge in [0.25, 0.3) is 0 Å². The number of thiazole rings is 1. The maximum absolute atomic E-state index is 12.6. The number of aromatic nitrogens is 3. The fraction of sp³-hybridized carbons (Fsp3) is 0.222. The van der Waals surface area contributed by atoms with Crippen molar-refractivity contribution in [2.45, 2.75) is 12.7 Å². The summed E-state index contributed by atoms with van der Waals surface area (Å²) in [5.74, 6) is 4.60. The maximum Gasteiger partial charge on any atom is 0.433 e.